The van der Waals surface area contributed by atoms with E-state index in [9.17, 15) is 34.5 Å². The van der Waals surface area contributed by atoms with E-state index in [1.54, 1.807) is 24.3 Å². The van der Waals surface area contributed by atoms with Crippen molar-refractivity contribution >= 4 is 52.6 Å². The molecule has 3 rings (SSSR count). The molecule has 0 radical (unpaired) electrons. The molecule has 0 atom stereocenters. The van der Waals surface area contributed by atoms with E-state index in [2.05, 4.69) is 5.32 Å². The predicted molar refractivity (Wildman–Crippen MR) is 130 cm³/mol. The molecule has 0 aliphatic heterocycles. The second kappa shape index (κ2) is 11.3. The number of hydrogen-bond acceptors (Lipinski definition) is 7. The second-order valence-electron chi connectivity index (χ2n) is 7.36. The van der Waals surface area contributed by atoms with Gasteiger partial charge in [-0.05, 0) is 23.3 Å². The fraction of sp³-hybridized carbons (Fsp3) is 0.130. The average Bonchev–Trinajstić information content (AvgIpc) is 2.82. The van der Waals surface area contributed by atoms with Crippen molar-refractivity contribution < 1.29 is 29.7 Å². The van der Waals surface area contributed by atoms with Crippen molar-refractivity contribution in [2.24, 2.45) is 0 Å². The molecule has 0 aliphatic rings. The minimum Gasteiger partial charge on any atom is -0.548 e. The van der Waals surface area contributed by atoms with Gasteiger partial charge in [-0.1, -0.05) is 65.1 Å². The number of nitrogens with one attached hydrogen (secondary N) is 2. The van der Waals surface area contributed by atoms with E-state index >= 15 is 0 Å². The normalized spacial score (nSPS) is 10.6. The summed E-state index contributed by atoms with van der Waals surface area (Å²) in [6.45, 7) is -1.54. The molecule has 0 fully saturated rings. The van der Waals surface area contributed by atoms with Crippen molar-refractivity contribution in [2.45, 2.75) is 13.1 Å². The van der Waals surface area contributed by atoms with E-state index in [0.29, 0.717) is 15.7 Å². The van der Waals surface area contributed by atoms with Crippen molar-refractivity contribution in [1.82, 2.24) is 15.2 Å². The molecule has 0 unspecified atom stereocenters. The van der Waals surface area contributed by atoms with Crippen LogP contribution >= 0.6 is 34.8 Å². The Bertz CT molecular complexity index is 1420. The number of carboxylic acid groups (broad SMARTS) is 1. The first-order valence-electron chi connectivity index (χ1n) is 10.1. The van der Waals surface area contributed by atoms with E-state index in [4.69, 9.17) is 34.8 Å². The molecule has 4 N–H and O–H groups in total. The van der Waals surface area contributed by atoms with Gasteiger partial charge < -0.3 is 30.7 Å². The van der Waals surface area contributed by atoms with Crippen LogP contribution in [0.15, 0.2) is 47.3 Å². The highest BCUT2D eigenvalue weighted by molar-refractivity contribution is 6.42. The average molecular weight is 554 g/mol. The number of carboxylic acids is 1. The maximum absolute atomic E-state index is 13.1. The Morgan fingerprint density at radius 2 is 1.47 bits per heavy atom. The molecule has 0 saturated heterocycles. The van der Waals surface area contributed by atoms with Gasteiger partial charge in [0.1, 0.15) is 11.1 Å². The lowest BCUT2D eigenvalue weighted by molar-refractivity contribution is -0.303. The fourth-order valence-electron chi connectivity index (χ4n) is 3.25. The Labute approximate surface area is 218 Å². The van der Waals surface area contributed by atoms with Crippen LogP contribution in [0.1, 0.15) is 31.8 Å². The summed E-state index contributed by atoms with van der Waals surface area (Å²) in [6, 6.07) is 11.0. The van der Waals surface area contributed by atoms with Crippen LogP contribution in [0.3, 0.4) is 0 Å². The maximum atomic E-state index is 13.1. The van der Waals surface area contributed by atoms with Crippen LogP contribution in [0.5, 0.6) is 11.6 Å². The molecule has 188 valence electrons. The molecule has 0 saturated carbocycles. The van der Waals surface area contributed by atoms with Gasteiger partial charge in [-0.15, -0.1) is 0 Å². The standard InChI is InChI=1S/C23H18Cl3N3O7/c24-13-6-2-1-4-12(13)10-29-22(35)16(19(32)17(23(29)36)21(34)28-9-15(30)31)20(33)27-8-11-5-3-7-14(25)18(11)26/h1-7,32,35H,8-10H2,(H,27,33)(H,28,34)(H,30,31)/p-1. The number of rotatable bonds is 8. The van der Waals surface area contributed by atoms with Crippen molar-refractivity contribution in [3.8, 4) is 11.6 Å². The topological polar surface area (TPSA) is 161 Å². The molecule has 2 amide bonds. The van der Waals surface area contributed by atoms with Gasteiger partial charge in [0.2, 0.25) is 5.88 Å². The summed E-state index contributed by atoms with van der Waals surface area (Å²) in [5.41, 5.74) is -2.21. The number of carbonyl (C=O) groups is 3. The molecule has 3 aromatic rings. The molecule has 0 bridgehead atoms. The molecule has 0 aliphatic carbocycles. The largest absolute Gasteiger partial charge is 0.548 e. The minimum atomic E-state index is -1.66. The predicted octanol–water partition coefficient (Wildman–Crippen LogP) is 1.68. The number of nitrogens with zero attached hydrogens (tertiary/aromatic N) is 1. The highest BCUT2D eigenvalue weighted by Crippen LogP contribution is 2.30. The molecule has 36 heavy (non-hydrogen) atoms. The number of pyridine rings is 1. The molecule has 1 heterocycles. The first kappa shape index (κ1) is 26.9. The van der Waals surface area contributed by atoms with Gasteiger partial charge in [0.25, 0.3) is 17.4 Å². The van der Waals surface area contributed by atoms with Gasteiger partial charge in [0, 0.05) is 11.6 Å². The van der Waals surface area contributed by atoms with Crippen LogP contribution in [0, 0.1) is 0 Å². The number of carbonyl (C=O) groups excluding carboxylic acids is 3. The van der Waals surface area contributed by atoms with Gasteiger partial charge in [0.05, 0.1) is 29.1 Å². The van der Waals surface area contributed by atoms with Crippen molar-refractivity contribution in [2.75, 3.05) is 6.54 Å². The summed E-state index contributed by atoms with van der Waals surface area (Å²) in [7, 11) is 0. The van der Waals surface area contributed by atoms with E-state index in [1.165, 1.54) is 18.2 Å². The lowest BCUT2D eigenvalue weighted by Crippen LogP contribution is -2.41. The van der Waals surface area contributed by atoms with Crippen LogP contribution in [-0.2, 0) is 17.9 Å². The molecule has 2 aromatic carbocycles. The van der Waals surface area contributed by atoms with Crippen molar-refractivity contribution in [1.29, 1.82) is 0 Å². The highest BCUT2D eigenvalue weighted by atomic mass is 35.5. The molecule has 0 spiro atoms. The number of benzene rings is 2. The molecule has 1 aromatic heterocycles. The van der Waals surface area contributed by atoms with Gasteiger partial charge in [-0.2, -0.15) is 0 Å². The summed E-state index contributed by atoms with van der Waals surface area (Å²) in [5, 5.41) is 37.2. The minimum absolute atomic E-state index is 0.166. The third kappa shape index (κ3) is 5.73. The number of aromatic nitrogens is 1. The lowest BCUT2D eigenvalue weighted by atomic mass is 10.1. The summed E-state index contributed by atoms with van der Waals surface area (Å²) >= 11 is 18.2. The number of halogens is 3. The first-order valence-corrected chi connectivity index (χ1v) is 11.3. The van der Waals surface area contributed by atoms with E-state index in [-0.39, 0.29) is 28.2 Å². The lowest BCUT2D eigenvalue weighted by Gasteiger charge is -2.18. The molecular weight excluding hydrogens is 537 g/mol. The van der Waals surface area contributed by atoms with Crippen molar-refractivity contribution in [3.05, 3.63) is 90.1 Å². The third-order valence-electron chi connectivity index (χ3n) is 5.02. The molecule has 13 heteroatoms. The quantitative estimate of drug-likeness (QED) is 0.330. The fourth-order valence-corrected chi connectivity index (χ4v) is 3.83. The summed E-state index contributed by atoms with van der Waals surface area (Å²) < 4.78 is 0.649. The Morgan fingerprint density at radius 1 is 0.861 bits per heavy atom. The third-order valence-corrected chi connectivity index (χ3v) is 6.24. The molecular formula is C23H17Cl3N3O7-. The van der Waals surface area contributed by atoms with Gasteiger partial charge >= 0.3 is 0 Å². The van der Waals surface area contributed by atoms with Crippen LogP contribution in [0.2, 0.25) is 15.1 Å². The number of amides is 2. The summed E-state index contributed by atoms with van der Waals surface area (Å²) in [5.74, 6) is -6.14. The van der Waals surface area contributed by atoms with Crippen LogP contribution in [0.25, 0.3) is 0 Å². The Kier molecular flexibility index (Phi) is 8.46. The smallest absolute Gasteiger partial charge is 0.270 e. The van der Waals surface area contributed by atoms with Crippen molar-refractivity contribution in [3.63, 3.8) is 0 Å². The van der Waals surface area contributed by atoms with Crippen LogP contribution in [-0.4, -0.2) is 39.1 Å². The van der Waals surface area contributed by atoms with Gasteiger partial charge in [0.15, 0.2) is 5.75 Å². The Balaban J connectivity index is 2.09. The van der Waals surface area contributed by atoms with Gasteiger partial charge in [-0.25, -0.2) is 0 Å². The molecule has 10 nitrogen and oxygen atoms in total. The van der Waals surface area contributed by atoms with E-state index < -0.39 is 52.6 Å². The van der Waals surface area contributed by atoms with Crippen LogP contribution in [0.4, 0.5) is 0 Å². The van der Waals surface area contributed by atoms with Gasteiger partial charge in [-0.3, -0.25) is 19.0 Å². The number of hydrogen-bond donors (Lipinski definition) is 4. The van der Waals surface area contributed by atoms with E-state index in [0.717, 1.165) is 0 Å². The first-order chi connectivity index (χ1) is 17.0. The SMILES string of the molecule is O=C([O-])CNC(=O)c1c(O)c(C(=O)NCc2cccc(Cl)c2Cl)c(O)n(Cc2ccccc2Cl)c1=O. The Hall–Kier alpha value is -3.73. The summed E-state index contributed by atoms with van der Waals surface area (Å²) in [4.78, 5) is 49.4. The monoisotopic (exact) mass is 552 g/mol. The van der Waals surface area contributed by atoms with Crippen LogP contribution < -0.4 is 21.3 Å². The zero-order valence-corrected chi connectivity index (χ0v) is 20.4. The van der Waals surface area contributed by atoms with E-state index in [1.807, 2.05) is 5.32 Å². The zero-order chi connectivity index (χ0) is 26.6. The zero-order valence-electron chi connectivity index (χ0n) is 18.2. The Morgan fingerprint density at radius 3 is 2.14 bits per heavy atom. The maximum Gasteiger partial charge on any atom is 0.270 e. The number of aliphatic carboxylic acids is 1. The number of aromatic hydroxyl groups is 2. The summed E-state index contributed by atoms with van der Waals surface area (Å²) in [6.07, 6.45) is 0. The second-order valence-corrected chi connectivity index (χ2v) is 8.55. The highest BCUT2D eigenvalue weighted by Gasteiger charge is 2.30.